The monoisotopic (exact) mass is 436 g/mol. The summed E-state index contributed by atoms with van der Waals surface area (Å²) in [4.78, 5) is 16.5. The predicted octanol–water partition coefficient (Wildman–Crippen LogP) is 6.23. The lowest BCUT2D eigenvalue weighted by Gasteiger charge is -2.05. The molecule has 0 amide bonds. The molecule has 0 aliphatic heterocycles. The quantitative estimate of drug-likeness (QED) is 0.253. The number of hydrogen-bond donors (Lipinski definition) is 2. The number of nitrogens with one attached hydrogen (secondary N) is 2. The van der Waals surface area contributed by atoms with Crippen LogP contribution in [0.3, 0.4) is 0 Å². The summed E-state index contributed by atoms with van der Waals surface area (Å²) in [6.45, 7) is 7.62. The third-order valence-electron chi connectivity index (χ3n) is 5.49. The molecule has 4 aromatic heterocycles. The number of halogens is 1. The van der Waals surface area contributed by atoms with Gasteiger partial charge in [0.15, 0.2) is 5.65 Å². The van der Waals surface area contributed by atoms with Gasteiger partial charge >= 0.3 is 0 Å². The van der Waals surface area contributed by atoms with Crippen LogP contribution in [0.25, 0.3) is 50.0 Å². The first kappa shape index (κ1) is 20.5. The molecule has 2 N–H and O–H groups in total. The summed E-state index contributed by atoms with van der Waals surface area (Å²) >= 11 is 0. The maximum Gasteiger partial charge on any atom is 0.181 e. The van der Waals surface area contributed by atoms with Crippen molar-refractivity contribution in [2.24, 2.45) is 4.99 Å². The summed E-state index contributed by atoms with van der Waals surface area (Å²) in [7, 11) is 0. The Balaban J connectivity index is 1.66. The molecular weight excluding hydrogens is 415 g/mol. The van der Waals surface area contributed by atoms with Crippen LogP contribution in [0, 0.1) is 12.7 Å². The zero-order valence-electron chi connectivity index (χ0n) is 18.2. The standard InChI is InChI=1S/C26H21FN6/c1-4-16(11-28-5-2)18-9-21-25(32-33-26(21)30-12-18)23-10-20-22(13-29-14-24(20)31-23)17-6-15(3)7-19(27)8-17/h4-14,31H,1H2,2-3H3,(H,30,32,33)/b16-11+,28-5?. The van der Waals surface area contributed by atoms with E-state index in [1.807, 2.05) is 32.0 Å². The first-order chi connectivity index (χ1) is 16.1. The zero-order valence-corrected chi connectivity index (χ0v) is 18.2. The van der Waals surface area contributed by atoms with Gasteiger partial charge in [-0.3, -0.25) is 15.1 Å². The second kappa shape index (κ2) is 8.27. The Hall–Kier alpha value is -4.39. The fraction of sp³-hybridized carbons (Fsp3) is 0.0769. The molecule has 5 aromatic rings. The minimum atomic E-state index is -0.269. The topological polar surface area (TPSA) is 82.6 Å². The Labute approximate surface area is 189 Å². The second-order valence-electron chi connectivity index (χ2n) is 7.74. The van der Waals surface area contributed by atoms with E-state index in [1.165, 1.54) is 12.1 Å². The summed E-state index contributed by atoms with van der Waals surface area (Å²) in [5, 5.41) is 9.27. The van der Waals surface area contributed by atoms with Crippen LogP contribution in [0.4, 0.5) is 4.39 Å². The molecule has 0 unspecified atom stereocenters. The molecule has 0 saturated carbocycles. The number of aliphatic imine (C=N–C) groups is 1. The number of aryl methyl sites for hydroxylation is 1. The molecule has 0 fully saturated rings. The highest BCUT2D eigenvalue weighted by atomic mass is 19.1. The summed E-state index contributed by atoms with van der Waals surface area (Å²) < 4.78 is 14.1. The first-order valence-electron chi connectivity index (χ1n) is 10.5. The molecule has 0 saturated heterocycles. The lowest BCUT2D eigenvalue weighted by molar-refractivity contribution is 0.627. The highest BCUT2D eigenvalue weighted by molar-refractivity contribution is 6.00. The van der Waals surface area contributed by atoms with Crippen molar-refractivity contribution in [3.63, 3.8) is 0 Å². The molecule has 0 radical (unpaired) electrons. The Morgan fingerprint density at radius 2 is 1.97 bits per heavy atom. The normalized spacial score (nSPS) is 12.3. The van der Waals surface area contributed by atoms with E-state index in [1.54, 1.807) is 37.1 Å². The molecule has 0 spiro atoms. The third-order valence-corrected chi connectivity index (χ3v) is 5.49. The fourth-order valence-corrected chi connectivity index (χ4v) is 3.97. The SMILES string of the molecule is C=C/C(=C\N=CC)c1cnc2n[nH]c(-c3cc4c(-c5cc(C)cc(F)c5)cncc4[nH]3)c2c1. The lowest BCUT2D eigenvalue weighted by Crippen LogP contribution is -1.85. The lowest BCUT2D eigenvalue weighted by atomic mass is 10.0. The van der Waals surface area contributed by atoms with E-state index in [9.17, 15) is 4.39 Å². The molecule has 7 heteroatoms. The molecule has 0 aliphatic carbocycles. The smallest absolute Gasteiger partial charge is 0.181 e. The molecule has 162 valence electrons. The number of nitrogens with zero attached hydrogens (tertiary/aromatic N) is 4. The minimum Gasteiger partial charge on any atom is -0.352 e. The Bertz CT molecular complexity index is 1550. The van der Waals surface area contributed by atoms with Crippen LogP contribution >= 0.6 is 0 Å². The van der Waals surface area contributed by atoms with Crippen molar-refractivity contribution < 1.29 is 4.39 Å². The average Bonchev–Trinajstić information content (AvgIpc) is 3.42. The predicted molar refractivity (Wildman–Crippen MR) is 131 cm³/mol. The molecular formula is C26H21FN6. The Morgan fingerprint density at radius 1 is 1.09 bits per heavy atom. The van der Waals surface area contributed by atoms with E-state index >= 15 is 0 Å². The number of fused-ring (bicyclic) bond motifs is 2. The van der Waals surface area contributed by atoms with Crippen molar-refractivity contribution in [1.29, 1.82) is 0 Å². The van der Waals surface area contributed by atoms with Crippen molar-refractivity contribution in [2.75, 3.05) is 0 Å². The maximum absolute atomic E-state index is 14.1. The zero-order chi connectivity index (χ0) is 22.9. The van der Waals surface area contributed by atoms with Crippen molar-refractivity contribution in [2.45, 2.75) is 13.8 Å². The number of benzene rings is 1. The highest BCUT2D eigenvalue weighted by Crippen LogP contribution is 2.34. The van der Waals surface area contributed by atoms with Crippen molar-refractivity contribution in [1.82, 2.24) is 25.1 Å². The van der Waals surface area contributed by atoms with E-state index in [2.05, 4.69) is 36.7 Å². The van der Waals surface area contributed by atoms with Crippen LogP contribution in [0.5, 0.6) is 0 Å². The van der Waals surface area contributed by atoms with Gasteiger partial charge in [-0.25, -0.2) is 9.37 Å². The third kappa shape index (κ3) is 3.74. The van der Waals surface area contributed by atoms with Gasteiger partial charge in [0.1, 0.15) is 5.82 Å². The largest absolute Gasteiger partial charge is 0.352 e. The van der Waals surface area contributed by atoms with Gasteiger partial charge in [0, 0.05) is 52.3 Å². The van der Waals surface area contributed by atoms with Gasteiger partial charge < -0.3 is 4.98 Å². The van der Waals surface area contributed by atoms with E-state index in [4.69, 9.17) is 0 Å². The van der Waals surface area contributed by atoms with Gasteiger partial charge in [0.2, 0.25) is 0 Å². The highest BCUT2D eigenvalue weighted by Gasteiger charge is 2.15. The summed E-state index contributed by atoms with van der Waals surface area (Å²) in [5.41, 5.74) is 7.34. The second-order valence-corrected chi connectivity index (χ2v) is 7.74. The van der Waals surface area contributed by atoms with E-state index in [0.717, 1.165) is 55.5 Å². The van der Waals surface area contributed by atoms with Crippen LogP contribution in [-0.2, 0) is 0 Å². The summed E-state index contributed by atoms with van der Waals surface area (Å²) in [6, 6.07) is 9.03. The number of allylic oxidation sites excluding steroid dienone is 2. The van der Waals surface area contributed by atoms with Crippen LogP contribution < -0.4 is 0 Å². The molecule has 0 atom stereocenters. The van der Waals surface area contributed by atoms with Crippen LogP contribution in [-0.4, -0.2) is 31.4 Å². The molecule has 0 aliphatic rings. The Morgan fingerprint density at radius 3 is 2.76 bits per heavy atom. The number of hydrogen-bond acceptors (Lipinski definition) is 4. The van der Waals surface area contributed by atoms with E-state index in [-0.39, 0.29) is 5.82 Å². The molecule has 0 bridgehead atoms. The van der Waals surface area contributed by atoms with Gasteiger partial charge in [0.05, 0.1) is 23.1 Å². The Kier molecular flexibility index (Phi) is 5.14. The van der Waals surface area contributed by atoms with Gasteiger partial charge in [-0.15, -0.1) is 0 Å². The number of H-pyrrole nitrogens is 2. The van der Waals surface area contributed by atoms with Gasteiger partial charge in [0.25, 0.3) is 0 Å². The van der Waals surface area contributed by atoms with Crippen molar-refractivity contribution in [3.8, 4) is 22.5 Å². The van der Waals surface area contributed by atoms with Crippen molar-refractivity contribution in [3.05, 3.63) is 84.7 Å². The fourth-order valence-electron chi connectivity index (χ4n) is 3.97. The first-order valence-corrected chi connectivity index (χ1v) is 10.5. The molecule has 1 aromatic carbocycles. The summed E-state index contributed by atoms with van der Waals surface area (Å²) in [5.74, 6) is -0.269. The van der Waals surface area contributed by atoms with E-state index in [0.29, 0.717) is 5.65 Å². The minimum absolute atomic E-state index is 0.269. The molecule has 33 heavy (non-hydrogen) atoms. The van der Waals surface area contributed by atoms with Crippen LogP contribution in [0.1, 0.15) is 18.1 Å². The number of pyridine rings is 2. The molecule has 4 heterocycles. The van der Waals surface area contributed by atoms with E-state index < -0.39 is 0 Å². The number of aromatic nitrogens is 5. The summed E-state index contributed by atoms with van der Waals surface area (Å²) in [6.07, 6.45) is 10.5. The number of rotatable bonds is 5. The van der Waals surface area contributed by atoms with Gasteiger partial charge in [-0.1, -0.05) is 18.7 Å². The van der Waals surface area contributed by atoms with Crippen molar-refractivity contribution >= 4 is 33.7 Å². The molecule has 5 rings (SSSR count). The van der Waals surface area contributed by atoms with Crippen LogP contribution in [0.15, 0.2) is 72.8 Å². The van der Waals surface area contributed by atoms with Gasteiger partial charge in [-0.05, 0) is 49.2 Å². The number of aromatic amines is 2. The average molecular weight is 436 g/mol. The van der Waals surface area contributed by atoms with Crippen LogP contribution in [0.2, 0.25) is 0 Å². The van der Waals surface area contributed by atoms with Gasteiger partial charge in [-0.2, -0.15) is 5.10 Å². The maximum atomic E-state index is 14.1. The molecule has 6 nitrogen and oxygen atoms in total.